The third-order valence-electron chi connectivity index (χ3n) is 7.62. The van der Waals surface area contributed by atoms with Crippen LogP contribution >= 0.6 is 23.2 Å². The molecule has 1 aromatic rings. The summed E-state index contributed by atoms with van der Waals surface area (Å²) in [5.41, 5.74) is 1.91. The van der Waals surface area contributed by atoms with Crippen molar-refractivity contribution in [1.82, 2.24) is 9.21 Å². The summed E-state index contributed by atoms with van der Waals surface area (Å²) in [5.74, 6) is 0.666. The molecule has 0 spiro atoms. The fourth-order valence-corrected chi connectivity index (χ4v) is 8.11. The highest BCUT2D eigenvalue weighted by atomic mass is 35.5. The number of rotatable bonds is 8. The van der Waals surface area contributed by atoms with Crippen molar-refractivity contribution in [3.8, 4) is 0 Å². The Morgan fingerprint density at radius 1 is 1.23 bits per heavy atom. The van der Waals surface area contributed by atoms with Crippen molar-refractivity contribution in [2.75, 3.05) is 26.2 Å². The summed E-state index contributed by atoms with van der Waals surface area (Å²) in [6, 6.07) is 5.20. The number of hydrogen-bond donors (Lipinski definition) is 0. The highest BCUT2D eigenvalue weighted by Gasteiger charge is 2.52. The predicted molar refractivity (Wildman–Crippen MR) is 128 cm³/mol. The normalized spacial score (nSPS) is 28.1. The van der Waals surface area contributed by atoms with Gasteiger partial charge in [-0.25, -0.2) is 8.42 Å². The van der Waals surface area contributed by atoms with Crippen LogP contribution in [0.3, 0.4) is 0 Å². The first-order valence-electron chi connectivity index (χ1n) is 11.4. The molecule has 0 amide bonds. The summed E-state index contributed by atoms with van der Waals surface area (Å²) < 4.78 is 27.7. The second kappa shape index (κ2) is 9.18. The predicted octanol–water partition coefficient (Wildman–Crippen LogP) is 5.77. The van der Waals surface area contributed by atoms with Crippen molar-refractivity contribution in [3.63, 3.8) is 0 Å². The van der Waals surface area contributed by atoms with Crippen molar-refractivity contribution >= 4 is 33.2 Å². The SMILES string of the molecule is CCN(CCCCN1CCC2C=CC=C3CCC1C32C)S(=O)(=O)c1cc(Cl)ccc1Cl. The second-order valence-electron chi connectivity index (χ2n) is 9.12. The Labute approximate surface area is 196 Å². The molecule has 0 N–H and O–H groups in total. The van der Waals surface area contributed by atoms with Gasteiger partial charge in [-0.05, 0) is 69.3 Å². The Morgan fingerprint density at radius 2 is 2.03 bits per heavy atom. The number of likely N-dealkylation sites (tertiary alicyclic amines) is 1. The lowest BCUT2D eigenvalue weighted by Gasteiger charge is -2.50. The van der Waals surface area contributed by atoms with Crippen molar-refractivity contribution in [1.29, 1.82) is 0 Å². The number of sulfonamides is 1. The molecule has 1 saturated carbocycles. The van der Waals surface area contributed by atoms with E-state index in [0.29, 0.717) is 30.1 Å². The van der Waals surface area contributed by atoms with Crippen LogP contribution in [0, 0.1) is 11.3 Å². The number of hydrogen-bond acceptors (Lipinski definition) is 3. The van der Waals surface area contributed by atoms with Gasteiger partial charge in [-0.2, -0.15) is 4.31 Å². The van der Waals surface area contributed by atoms with Gasteiger partial charge < -0.3 is 0 Å². The zero-order valence-electron chi connectivity index (χ0n) is 18.4. The van der Waals surface area contributed by atoms with E-state index in [1.165, 1.54) is 29.6 Å². The summed E-state index contributed by atoms with van der Waals surface area (Å²) >= 11 is 12.2. The average molecular weight is 484 g/mol. The minimum absolute atomic E-state index is 0.0918. The molecule has 31 heavy (non-hydrogen) atoms. The number of unbranched alkanes of at least 4 members (excludes halogenated alkanes) is 1. The molecule has 3 atom stereocenters. The minimum Gasteiger partial charge on any atom is -0.299 e. The van der Waals surface area contributed by atoms with Crippen LogP contribution < -0.4 is 0 Å². The van der Waals surface area contributed by atoms with Crippen LogP contribution in [-0.4, -0.2) is 49.8 Å². The number of piperidine rings is 1. The van der Waals surface area contributed by atoms with Gasteiger partial charge in [-0.3, -0.25) is 4.90 Å². The van der Waals surface area contributed by atoms with Gasteiger partial charge in [-0.15, -0.1) is 0 Å². The minimum atomic E-state index is -3.66. The van der Waals surface area contributed by atoms with Gasteiger partial charge in [0.1, 0.15) is 4.90 Å². The summed E-state index contributed by atoms with van der Waals surface area (Å²) in [7, 11) is -3.66. The van der Waals surface area contributed by atoms with E-state index in [1.54, 1.807) is 17.7 Å². The van der Waals surface area contributed by atoms with Crippen LogP contribution in [0.25, 0.3) is 0 Å². The zero-order valence-corrected chi connectivity index (χ0v) is 20.7. The summed E-state index contributed by atoms with van der Waals surface area (Å²) in [5, 5.41) is 0.587. The van der Waals surface area contributed by atoms with E-state index >= 15 is 0 Å². The summed E-state index contributed by atoms with van der Waals surface area (Å²) in [6.07, 6.45) is 12.5. The molecule has 1 aliphatic heterocycles. The first-order valence-corrected chi connectivity index (χ1v) is 13.5. The molecule has 1 aromatic carbocycles. The van der Waals surface area contributed by atoms with Crippen molar-refractivity contribution in [2.24, 2.45) is 11.3 Å². The van der Waals surface area contributed by atoms with Gasteiger partial charge in [0.25, 0.3) is 0 Å². The molecule has 0 radical (unpaired) electrons. The lowest BCUT2D eigenvalue weighted by Crippen LogP contribution is -2.53. The molecule has 170 valence electrons. The molecule has 1 heterocycles. The monoisotopic (exact) mass is 482 g/mol. The van der Waals surface area contributed by atoms with Gasteiger partial charge in [0.05, 0.1) is 5.02 Å². The molecule has 0 aromatic heterocycles. The quantitative estimate of drug-likeness (QED) is 0.441. The molecule has 3 unspecified atom stereocenters. The molecule has 2 aliphatic carbocycles. The van der Waals surface area contributed by atoms with E-state index in [4.69, 9.17) is 23.2 Å². The van der Waals surface area contributed by atoms with Crippen LogP contribution in [-0.2, 0) is 10.0 Å². The topological polar surface area (TPSA) is 40.6 Å². The van der Waals surface area contributed by atoms with E-state index in [2.05, 4.69) is 30.1 Å². The van der Waals surface area contributed by atoms with E-state index < -0.39 is 10.0 Å². The number of benzene rings is 1. The van der Waals surface area contributed by atoms with Crippen molar-refractivity contribution in [2.45, 2.75) is 56.9 Å². The fourth-order valence-electron chi connectivity index (χ4n) is 5.88. The first-order chi connectivity index (χ1) is 14.8. The van der Waals surface area contributed by atoms with Crippen LogP contribution in [0.4, 0.5) is 0 Å². The number of nitrogens with zero attached hydrogens (tertiary/aromatic N) is 2. The number of allylic oxidation sites excluding steroid dienone is 3. The Kier molecular flexibility index (Phi) is 6.91. The van der Waals surface area contributed by atoms with E-state index in [-0.39, 0.29) is 15.3 Å². The van der Waals surface area contributed by atoms with Gasteiger partial charge in [0.15, 0.2) is 0 Å². The maximum absolute atomic E-state index is 13.1. The number of halogens is 2. The van der Waals surface area contributed by atoms with Gasteiger partial charge >= 0.3 is 0 Å². The van der Waals surface area contributed by atoms with Crippen LogP contribution in [0.2, 0.25) is 10.0 Å². The molecule has 7 heteroatoms. The molecule has 3 aliphatic rings. The van der Waals surface area contributed by atoms with Gasteiger partial charge in [0, 0.05) is 29.6 Å². The summed E-state index contributed by atoms with van der Waals surface area (Å²) in [4.78, 5) is 2.75. The van der Waals surface area contributed by atoms with E-state index in [1.807, 2.05) is 6.92 Å². The highest BCUT2D eigenvalue weighted by molar-refractivity contribution is 7.89. The van der Waals surface area contributed by atoms with Crippen LogP contribution in [0.1, 0.15) is 46.0 Å². The van der Waals surface area contributed by atoms with Crippen molar-refractivity contribution in [3.05, 3.63) is 52.0 Å². The lowest BCUT2D eigenvalue weighted by molar-refractivity contribution is 0.0340. The molecular formula is C24H32Cl2N2O2S. The molecule has 4 nitrogen and oxygen atoms in total. The molecule has 4 rings (SSSR count). The Balaban J connectivity index is 1.35. The highest BCUT2D eigenvalue weighted by Crippen LogP contribution is 2.55. The van der Waals surface area contributed by atoms with Gasteiger partial charge in [-0.1, -0.05) is 60.9 Å². The zero-order chi connectivity index (χ0) is 22.2. The molecular weight excluding hydrogens is 451 g/mol. The standard InChI is InChI=1S/C24H32Cl2N2O2S/c1-3-28(31(29,30)22-17-20(25)10-11-21(22)26)15-5-4-14-27-16-13-19-8-6-7-18-9-12-23(27)24(18,19)2/h6-8,10-11,17,19,23H,3-5,9,12-16H2,1-2H3. The average Bonchev–Trinajstić information content (AvgIpc) is 3.08. The van der Waals surface area contributed by atoms with Crippen LogP contribution in [0.5, 0.6) is 0 Å². The Hall–Kier alpha value is -0.850. The first kappa shape index (κ1) is 23.3. The Bertz CT molecular complexity index is 991. The molecule has 0 bridgehead atoms. The fraction of sp³-hybridized carbons (Fsp3) is 0.583. The summed E-state index contributed by atoms with van der Waals surface area (Å²) in [6.45, 7) is 7.39. The third kappa shape index (κ3) is 4.24. The van der Waals surface area contributed by atoms with Crippen molar-refractivity contribution < 1.29 is 8.42 Å². The second-order valence-corrected chi connectivity index (χ2v) is 11.9. The van der Waals surface area contributed by atoms with Crippen LogP contribution in [0.15, 0.2) is 46.9 Å². The lowest BCUT2D eigenvalue weighted by atomic mass is 9.64. The van der Waals surface area contributed by atoms with E-state index in [0.717, 1.165) is 25.9 Å². The van der Waals surface area contributed by atoms with E-state index in [9.17, 15) is 8.42 Å². The largest absolute Gasteiger partial charge is 0.299 e. The molecule has 2 fully saturated rings. The maximum Gasteiger partial charge on any atom is 0.244 e. The maximum atomic E-state index is 13.1. The molecule has 1 saturated heterocycles. The third-order valence-corrected chi connectivity index (χ3v) is 10.3. The Morgan fingerprint density at radius 3 is 2.81 bits per heavy atom. The smallest absolute Gasteiger partial charge is 0.244 e. The van der Waals surface area contributed by atoms with Gasteiger partial charge in [0.2, 0.25) is 10.0 Å².